The lowest BCUT2D eigenvalue weighted by molar-refractivity contribution is 0.622. The van der Waals surface area contributed by atoms with E-state index in [0.717, 1.165) is 5.56 Å². The van der Waals surface area contributed by atoms with Crippen molar-refractivity contribution in [2.24, 2.45) is 0 Å². The van der Waals surface area contributed by atoms with Crippen molar-refractivity contribution in [1.29, 1.82) is 5.26 Å². The van der Waals surface area contributed by atoms with Crippen molar-refractivity contribution in [3.05, 3.63) is 68.2 Å². The van der Waals surface area contributed by atoms with Crippen LogP contribution in [-0.4, -0.2) is 9.55 Å². The van der Waals surface area contributed by atoms with Crippen LogP contribution in [-0.2, 0) is 13.0 Å². The number of halogens is 1. The van der Waals surface area contributed by atoms with E-state index in [4.69, 9.17) is 5.26 Å². The van der Waals surface area contributed by atoms with Gasteiger partial charge in [-0.05, 0) is 24.1 Å². The zero-order valence-electron chi connectivity index (χ0n) is 9.89. The fourth-order valence-corrected chi connectivity index (χ4v) is 1.66. The summed E-state index contributed by atoms with van der Waals surface area (Å²) in [7, 11) is 0. The number of nitrogens with zero attached hydrogens (tertiary/aromatic N) is 2. The number of nitriles is 1. The molecule has 1 heterocycles. The van der Waals surface area contributed by atoms with Gasteiger partial charge in [0, 0.05) is 12.7 Å². The highest BCUT2D eigenvalue weighted by molar-refractivity contribution is 5.22. The van der Waals surface area contributed by atoms with Crippen molar-refractivity contribution < 1.29 is 4.39 Å². The van der Waals surface area contributed by atoms with E-state index in [1.807, 2.05) is 0 Å². The molecule has 1 aromatic heterocycles. The van der Waals surface area contributed by atoms with Crippen LogP contribution in [0.4, 0.5) is 4.39 Å². The van der Waals surface area contributed by atoms with Crippen LogP contribution in [0.5, 0.6) is 0 Å². The van der Waals surface area contributed by atoms with E-state index in [2.05, 4.69) is 4.98 Å². The normalized spacial score (nSPS) is 10.1. The monoisotopic (exact) mass is 259 g/mol. The van der Waals surface area contributed by atoms with Gasteiger partial charge in [-0.2, -0.15) is 5.26 Å². The minimum Gasteiger partial charge on any atom is -0.299 e. The molecule has 2 aromatic rings. The van der Waals surface area contributed by atoms with Crippen molar-refractivity contribution in [3.8, 4) is 6.07 Å². The van der Waals surface area contributed by atoms with E-state index >= 15 is 0 Å². The van der Waals surface area contributed by atoms with Crippen LogP contribution in [0, 0.1) is 17.1 Å². The van der Waals surface area contributed by atoms with Crippen LogP contribution in [0.3, 0.4) is 0 Å². The third-order valence-electron chi connectivity index (χ3n) is 2.69. The summed E-state index contributed by atoms with van der Waals surface area (Å²) >= 11 is 0. The Kier molecular flexibility index (Phi) is 3.57. The summed E-state index contributed by atoms with van der Waals surface area (Å²) in [5.41, 5.74) is -0.506. The van der Waals surface area contributed by atoms with Gasteiger partial charge < -0.3 is 0 Å². The molecule has 1 N–H and O–H groups in total. The maximum absolute atomic E-state index is 12.7. The van der Waals surface area contributed by atoms with Crippen LogP contribution < -0.4 is 11.2 Å². The smallest absolute Gasteiger partial charge is 0.299 e. The second-order valence-corrected chi connectivity index (χ2v) is 3.98. The second kappa shape index (κ2) is 5.31. The molecule has 0 aliphatic rings. The highest BCUT2D eigenvalue weighted by atomic mass is 19.1. The first-order chi connectivity index (χ1) is 9.10. The van der Waals surface area contributed by atoms with Crippen molar-refractivity contribution in [2.75, 3.05) is 0 Å². The fraction of sp³-hybridized carbons (Fsp3) is 0.154. The largest absolute Gasteiger partial charge is 0.328 e. The molecule has 0 saturated heterocycles. The Morgan fingerprint density at radius 1 is 1.26 bits per heavy atom. The van der Waals surface area contributed by atoms with Crippen molar-refractivity contribution in [3.63, 3.8) is 0 Å². The summed E-state index contributed by atoms with van der Waals surface area (Å²) < 4.78 is 14.0. The SMILES string of the molecule is N#Cc1cn(CCc2ccc(F)cc2)c(=O)[nH]c1=O. The Balaban J connectivity index is 2.20. The maximum Gasteiger partial charge on any atom is 0.328 e. The highest BCUT2D eigenvalue weighted by Crippen LogP contribution is 2.04. The van der Waals surface area contributed by atoms with E-state index in [1.165, 1.54) is 22.9 Å². The molecule has 0 bridgehead atoms. The van der Waals surface area contributed by atoms with Gasteiger partial charge in [0.15, 0.2) is 0 Å². The molecule has 0 aliphatic heterocycles. The third-order valence-corrected chi connectivity index (χ3v) is 2.69. The number of aromatic amines is 1. The Morgan fingerprint density at radius 3 is 2.58 bits per heavy atom. The van der Waals surface area contributed by atoms with Gasteiger partial charge in [0.1, 0.15) is 17.4 Å². The van der Waals surface area contributed by atoms with Crippen LogP contribution in [0.2, 0.25) is 0 Å². The molecule has 0 fully saturated rings. The van der Waals surface area contributed by atoms with Gasteiger partial charge in [-0.15, -0.1) is 0 Å². The molecule has 96 valence electrons. The highest BCUT2D eigenvalue weighted by Gasteiger charge is 2.04. The lowest BCUT2D eigenvalue weighted by atomic mass is 10.1. The number of nitrogens with one attached hydrogen (secondary N) is 1. The fourth-order valence-electron chi connectivity index (χ4n) is 1.66. The van der Waals surface area contributed by atoms with Gasteiger partial charge in [0.25, 0.3) is 5.56 Å². The Hall–Kier alpha value is -2.68. The zero-order valence-corrected chi connectivity index (χ0v) is 9.89. The van der Waals surface area contributed by atoms with Gasteiger partial charge in [-0.25, -0.2) is 9.18 Å². The number of aromatic nitrogens is 2. The predicted molar refractivity (Wildman–Crippen MR) is 66.1 cm³/mol. The molecular formula is C13H10FN3O2. The quantitative estimate of drug-likeness (QED) is 0.885. The molecule has 0 aliphatic carbocycles. The first-order valence-corrected chi connectivity index (χ1v) is 5.58. The molecule has 19 heavy (non-hydrogen) atoms. The molecule has 1 aromatic carbocycles. The molecular weight excluding hydrogens is 249 g/mol. The molecule has 0 saturated carbocycles. The standard InChI is InChI=1S/C13H10FN3O2/c14-11-3-1-9(2-4-11)5-6-17-8-10(7-15)12(18)16-13(17)19/h1-4,8H,5-6H2,(H,16,18,19). The molecule has 0 unspecified atom stereocenters. The number of hydrogen-bond acceptors (Lipinski definition) is 3. The first-order valence-electron chi connectivity index (χ1n) is 5.58. The topological polar surface area (TPSA) is 78.7 Å². The lowest BCUT2D eigenvalue weighted by Crippen LogP contribution is -2.31. The Bertz CT molecular complexity index is 738. The van der Waals surface area contributed by atoms with Crippen molar-refractivity contribution >= 4 is 0 Å². The molecule has 0 radical (unpaired) electrons. The first kappa shape index (κ1) is 12.8. The van der Waals surface area contributed by atoms with E-state index in [1.54, 1.807) is 18.2 Å². The number of hydrogen-bond donors (Lipinski definition) is 1. The molecule has 0 atom stereocenters. The minimum absolute atomic E-state index is 0.112. The molecule has 6 heteroatoms. The van der Waals surface area contributed by atoms with Crippen LogP contribution >= 0.6 is 0 Å². The van der Waals surface area contributed by atoms with E-state index in [-0.39, 0.29) is 11.4 Å². The summed E-state index contributed by atoms with van der Waals surface area (Å²) in [6.45, 7) is 0.302. The maximum atomic E-state index is 12.7. The molecule has 5 nitrogen and oxygen atoms in total. The summed E-state index contributed by atoms with van der Waals surface area (Å²) in [4.78, 5) is 24.8. The van der Waals surface area contributed by atoms with Crippen LogP contribution in [0.25, 0.3) is 0 Å². The number of benzene rings is 1. The third kappa shape index (κ3) is 2.96. The lowest BCUT2D eigenvalue weighted by Gasteiger charge is -2.05. The van der Waals surface area contributed by atoms with Crippen LogP contribution in [0.1, 0.15) is 11.1 Å². The van der Waals surface area contributed by atoms with E-state index in [9.17, 15) is 14.0 Å². The zero-order chi connectivity index (χ0) is 13.8. The number of H-pyrrole nitrogens is 1. The minimum atomic E-state index is -0.689. The van der Waals surface area contributed by atoms with Gasteiger partial charge in [-0.1, -0.05) is 12.1 Å². The van der Waals surface area contributed by atoms with Gasteiger partial charge >= 0.3 is 5.69 Å². The summed E-state index contributed by atoms with van der Waals surface area (Å²) in [6, 6.07) is 7.64. The van der Waals surface area contributed by atoms with Crippen LogP contribution in [0.15, 0.2) is 40.1 Å². The Labute approximate surface area is 107 Å². The Morgan fingerprint density at radius 2 is 1.95 bits per heavy atom. The van der Waals surface area contributed by atoms with Crippen molar-refractivity contribution in [1.82, 2.24) is 9.55 Å². The van der Waals surface area contributed by atoms with E-state index < -0.39 is 11.2 Å². The van der Waals surface area contributed by atoms with Gasteiger partial charge in [0.2, 0.25) is 0 Å². The summed E-state index contributed by atoms with van der Waals surface area (Å²) in [6.07, 6.45) is 1.72. The average Bonchev–Trinajstić information content (AvgIpc) is 2.40. The molecule has 0 spiro atoms. The van der Waals surface area contributed by atoms with Crippen molar-refractivity contribution in [2.45, 2.75) is 13.0 Å². The summed E-state index contributed by atoms with van der Waals surface area (Å²) in [5, 5.41) is 8.72. The second-order valence-electron chi connectivity index (χ2n) is 3.98. The summed E-state index contributed by atoms with van der Waals surface area (Å²) in [5.74, 6) is -0.322. The average molecular weight is 259 g/mol. The van der Waals surface area contributed by atoms with Gasteiger partial charge in [-0.3, -0.25) is 14.3 Å². The number of aryl methyl sites for hydroxylation is 2. The predicted octanol–water partition coefficient (Wildman–Crippen LogP) is 0.790. The molecule has 0 amide bonds. The van der Waals surface area contributed by atoms with E-state index in [0.29, 0.717) is 13.0 Å². The van der Waals surface area contributed by atoms with Gasteiger partial charge in [0.05, 0.1) is 0 Å². The number of rotatable bonds is 3. The molecule has 2 rings (SSSR count).